The molecule has 0 radical (unpaired) electrons. The van der Waals surface area contributed by atoms with E-state index in [0.29, 0.717) is 6.42 Å². The average molecular weight is 400 g/mol. The Bertz CT molecular complexity index is 524. The summed E-state index contributed by atoms with van der Waals surface area (Å²) in [7, 11) is -1.33. The highest BCUT2D eigenvalue weighted by Crippen LogP contribution is 2.09. The molecule has 0 unspecified atom stereocenters. The fourth-order valence-electron chi connectivity index (χ4n) is 2.71. The number of nitrogens with zero attached hydrogens (tertiary/aromatic N) is 1. The highest BCUT2D eigenvalue weighted by molar-refractivity contribution is 7.90. The van der Waals surface area contributed by atoms with E-state index in [1.165, 1.54) is 49.7 Å². The zero-order valence-corrected chi connectivity index (χ0v) is 18.6. The zero-order valence-electron chi connectivity index (χ0n) is 17.8. The van der Waals surface area contributed by atoms with Gasteiger partial charge in [0.15, 0.2) is 0 Å². The van der Waals surface area contributed by atoms with Crippen LogP contribution >= 0.6 is 0 Å². The van der Waals surface area contributed by atoms with Crippen molar-refractivity contribution in [3.8, 4) is 0 Å². The lowest BCUT2D eigenvalue weighted by Crippen LogP contribution is -2.31. The van der Waals surface area contributed by atoms with Crippen molar-refractivity contribution in [3.63, 3.8) is 0 Å². The molecular formula is C22H41NO3S. The van der Waals surface area contributed by atoms with Crippen LogP contribution in [-0.2, 0) is 14.6 Å². The van der Waals surface area contributed by atoms with Crippen LogP contribution < -0.4 is 0 Å². The number of unbranched alkanes of at least 4 members (excludes halogenated alkanes) is 8. The smallest absolute Gasteiger partial charge is 0.222 e. The quantitative estimate of drug-likeness (QED) is 0.246. The Labute approximate surface area is 168 Å². The number of hydrogen-bond donors (Lipinski definition) is 0. The number of carbonyl (C=O) groups excluding carboxylic acids is 1. The first kappa shape index (κ1) is 25.9. The third-order valence-electron chi connectivity index (χ3n) is 4.56. The Morgan fingerprint density at radius 1 is 0.852 bits per heavy atom. The Morgan fingerprint density at radius 3 is 2.00 bits per heavy atom. The molecule has 5 heteroatoms. The van der Waals surface area contributed by atoms with Crippen LogP contribution in [0.5, 0.6) is 0 Å². The van der Waals surface area contributed by atoms with E-state index in [4.69, 9.17) is 0 Å². The fourth-order valence-corrected chi connectivity index (χ4v) is 3.31. The molecule has 0 heterocycles. The van der Waals surface area contributed by atoms with E-state index in [1.54, 1.807) is 7.05 Å². The molecule has 0 rings (SSSR count). The molecule has 0 fully saturated rings. The van der Waals surface area contributed by atoms with Crippen LogP contribution in [0.1, 0.15) is 84.0 Å². The molecule has 0 aliphatic rings. The second-order valence-electron chi connectivity index (χ2n) is 7.43. The summed E-state index contributed by atoms with van der Waals surface area (Å²) in [6, 6.07) is 0. The molecule has 0 aliphatic carbocycles. The SMILES string of the molecule is CCCCC/C=C\C/C=C\CCCCCCCC(=O)N(C)CCS(C)(=O)=O. The topological polar surface area (TPSA) is 54.5 Å². The van der Waals surface area contributed by atoms with Crippen LogP contribution in [-0.4, -0.2) is 44.8 Å². The molecule has 0 saturated heterocycles. The van der Waals surface area contributed by atoms with Crippen molar-refractivity contribution in [2.75, 3.05) is 25.6 Å². The number of rotatable bonds is 17. The van der Waals surface area contributed by atoms with Crippen LogP contribution in [0.4, 0.5) is 0 Å². The van der Waals surface area contributed by atoms with Gasteiger partial charge in [0.2, 0.25) is 5.91 Å². The molecule has 1 amide bonds. The minimum atomic E-state index is -3.01. The predicted octanol–water partition coefficient (Wildman–Crippen LogP) is 5.30. The van der Waals surface area contributed by atoms with Gasteiger partial charge in [-0.1, -0.05) is 63.3 Å². The van der Waals surface area contributed by atoms with E-state index >= 15 is 0 Å². The van der Waals surface area contributed by atoms with E-state index in [2.05, 4.69) is 31.2 Å². The summed E-state index contributed by atoms with van der Waals surface area (Å²) in [5, 5.41) is 0. The zero-order chi connectivity index (χ0) is 20.4. The minimum absolute atomic E-state index is 0.0391. The van der Waals surface area contributed by atoms with Gasteiger partial charge in [-0.25, -0.2) is 8.42 Å². The van der Waals surface area contributed by atoms with E-state index < -0.39 is 9.84 Å². The number of allylic oxidation sites excluding steroid dienone is 4. The summed E-state index contributed by atoms with van der Waals surface area (Å²) in [4.78, 5) is 13.4. The Balaban J connectivity index is 3.48. The summed E-state index contributed by atoms with van der Waals surface area (Å²) in [6.07, 6.45) is 23.6. The highest BCUT2D eigenvalue weighted by atomic mass is 32.2. The van der Waals surface area contributed by atoms with Gasteiger partial charge in [0.05, 0.1) is 5.75 Å². The van der Waals surface area contributed by atoms with Crippen molar-refractivity contribution in [1.29, 1.82) is 0 Å². The van der Waals surface area contributed by atoms with Crippen LogP contribution in [0.3, 0.4) is 0 Å². The number of hydrogen-bond acceptors (Lipinski definition) is 3. The molecule has 0 saturated carbocycles. The van der Waals surface area contributed by atoms with Gasteiger partial charge in [0.25, 0.3) is 0 Å². The molecule has 158 valence electrons. The molecule has 0 bridgehead atoms. The lowest BCUT2D eigenvalue weighted by atomic mass is 10.1. The van der Waals surface area contributed by atoms with Gasteiger partial charge in [-0.3, -0.25) is 4.79 Å². The summed E-state index contributed by atoms with van der Waals surface area (Å²) in [6.45, 7) is 2.52. The van der Waals surface area contributed by atoms with Gasteiger partial charge in [-0.15, -0.1) is 0 Å². The molecule has 0 aromatic rings. The molecule has 27 heavy (non-hydrogen) atoms. The van der Waals surface area contributed by atoms with Gasteiger partial charge in [0.1, 0.15) is 9.84 Å². The summed E-state index contributed by atoms with van der Waals surface area (Å²) >= 11 is 0. The van der Waals surface area contributed by atoms with Crippen molar-refractivity contribution >= 4 is 15.7 Å². The van der Waals surface area contributed by atoms with E-state index in [-0.39, 0.29) is 18.2 Å². The maximum absolute atomic E-state index is 11.9. The third kappa shape index (κ3) is 19.5. The largest absolute Gasteiger partial charge is 0.345 e. The minimum Gasteiger partial charge on any atom is -0.345 e. The molecule has 0 aromatic carbocycles. The van der Waals surface area contributed by atoms with Crippen LogP contribution in [0.2, 0.25) is 0 Å². The van der Waals surface area contributed by atoms with E-state index in [0.717, 1.165) is 32.1 Å². The second-order valence-corrected chi connectivity index (χ2v) is 9.69. The third-order valence-corrected chi connectivity index (χ3v) is 5.49. The molecule has 0 aromatic heterocycles. The summed E-state index contributed by atoms with van der Waals surface area (Å²) in [5.74, 6) is 0.0848. The maximum Gasteiger partial charge on any atom is 0.222 e. The van der Waals surface area contributed by atoms with Crippen molar-refractivity contribution < 1.29 is 13.2 Å². The molecule has 0 aliphatic heterocycles. The number of sulfone groups is 1. The first-order chi connectivity index (χ1) is 12.9. The Hall–Kier alpha value is -1.10. The van der Waals surface area contributed by atoms with Crippen molar-refractivity contribution in [3.05, 3.63) is 24.3 Å². The van der Waals surface area contributed by atoms with Crippen molar-refractivity contribution in [2.45, 2.75) is 84.0 Å². The van der Waals surface area contributed by atoms with Gasteiger partial charge in [0, 0.05) is 26.3 Å². The average Bonchev–Trinajstić information content (AvgIpc) is 2.62. The molecular weight excluding hydrogens is 358 g/mol. The number of amides is 1. The highest BCUT2D eigenvalue weighted by Gasteiger charge is 2.11. The van der Waals surface area contributed by atoms with Gasteiger partial charge in [-0.2, -0.15) is 0 Å². The molecule has 0 atom stereocenters. The monoisotopic (exact) mass is 399 g/mol. The lowest BCUT2D eigenvalue weighted by molar-refractivity contribution is -0.129. The van der Waals surface area contributed by atoms with Crippen LogP contribution in [0.15, 0.2) is 24.3 Å². The molecule has 0 spiro atoms. The van der Waals surface area contributed by atoms with Crippen LogP contribution in [0.25, 0.3) is 0 Å². The van der Waals surface area contributed by atoms with E-state index in [9.17, 15) is 13.2 Å². The van der Waals surface area contributed by atoms with Gasteiger partial charge >= 0.3 is 0 Å². The maximum atomic E-state index is 11.9. The molecule has 0 N–H and O–H groups in total. The first-order valence-corrected chi connectivity index (χ1v) is 12.6. The standard InChI is InChI=1S/C22H41NO3S/c1-4-5-6-7-8-9-10-11-12-13-14-15-16-17-18-19-22(24)23(2)20-21-27(3,25)26/h8-9,11-12H,4-7,10,13-21H2,1-3H3/b9-8-,12-11-. The van der Waals surface area contributed by atoms with Crippen molar-refractivity contribution in [2.24, 2.45) is 0 Å². The normalized spacial score (nSPS) is 12.3. The summed E-state index contributed by atoms with van der Waals surface area (Å²) < 4.78 is 22.2. The van der Waals surface area contributed by atoms with Crippen molar-refractivity contribution in [1.82, 2.24) is 4.90 Å². The van der Waals surface area contributed by atoms with Gasteiger partial charge in [-0.05, 0) is 38.5 Å². The lowest BCUT2D eigenvalue weighted by Gasteiger charge is -2.16. The van der Waals surface area contributed by atoms with Gasteiger partial charge < -0.3 is 4.90 Å². The predicted molar refractivity (Wildman–Crippen MR) is 117 cm³/mol. The van der Waals surface area contributed by atoms with Crippen LogP contribution in [0, 0.1) is 0 Å². The number of carbonyl (C=O) groups is 1. The first-order valence-electron chi connectivity index (χ1n) is 10.6. The summed E-state index contributed by atoms with van der Waals surface area (Å²) in [5.41, 5.74) is 0. The Morgan fingerprint density at radius 2 is 1.41 bits per heavy atom. The second kappa shape index (κ2) is 17.0. The molecule has 4 nitrogen and oxygen atoms in total. The van der Waals surface area contributed by atoms with E-state index in [1.807, 2.05) is 0 Å². The fraction of sp³-hybridized carbons (Fsp3) is 0.773. The Kier molecular flexibility index (Phi) is 16.3.